The van der Waals surface area contributed by atoms with Crippen molar-refractivity contribution in [3.8, 4) is 0 Å². The molecule has 0 rings (SSSR count). The molecule has 0 atom stereocenters. The standard InChI is InChI=1S/C7H16O4S/c1-4-7(5-2,6-3)11-12(8,9)10/h4-6H2,1-3H3,(H,8,9,10). The quantitative estimate of drug-likeness (QED) is 0.681. The predicted molar refractivity (Wildman–Crippen MR) is 46.2 cm³/mol. The molecule has 0 radical (unpaired) electrons. The zero-order chi connectivity index (χ0) is 9.83. The summed E-state index contributed by atoms with van der Waals surface area (Å²) in [4.78, 5) is 0. The molecular weight excluding hydrogens is 180 g/mol. The van der Waals surface area contributed by atoms with Crippen molar-refractivity contribution in [1.82, 2.24) is 0 Å². The second kappa shape index (κ2) is 4.20. The van der Waals surface area contributed by atoms with Gasteiger partial charge in [-0.05, 0) is 19.3 Å². The van der Waals surface area contributed by atoms with Crippen LogP contribution in [-0.4, -0.2) is 18.6 Å². The molecule has 0 aliphatic carbocycles. The van der Waals surface area contributed by atoms with E-state index in [0.717, 1.165) is 0 Å². The Bertz CT molecular complexity index is 207. The van der Waals surface area contributed by atoms with E-state index in [2.05, 4.69) is 4.18 Å². The molecule has 1 N–H and O–H groups in total. The zero-order valence-electron chi connectivity index (χ0n) is 7.70. The Morgan fingerprint density at radius 2 is 1.50 bits per heavy atom. The van der Waals surface area contributed by atoms with Crippen LogP contribution < -0.4 is 0 Å². The fourth-order valence-corrected chi connectivity index (χ4v) is 1.95. The average Bonchev–Trinajstić information content (AvgIpc) is 1.99. The van der Waals surface area contributed by atoms with E-state index in [0.29, 0.717) is 19.3 Å². The Morgan fingerprint density at radius 1 is 1.17 bits per heavy atom. The summed E-state index contributed by atoms with van der Waals surface area (Å²) in [5, 5.41) is 0. The molecule has 0 saturated heterocycles. The first-order chi connectivity index (χ1) is 5.39. The molecule has 0 fully saturated rings. The van der Waals surface area contributed by atoms with Gasteiger partial charge in [0, 0.05) is 0 Å². The maximum atomic E-state index is 10.5. The molecule has 0 aromatic carbocycles. The highest BCUT2D eigenvalue weighted by Gasteiger charge is 2.30. The summed E-state index contributed by atoms with van der Waals surface area (Å²) < 4.78 is 34.0. The summed E-state index contributed by atoms with van der Waals surface area (Å²) >= 11 is 0. The molecule has 0 bridgehead atoms. The zero-order valence-corrected chi connectivity index (χ0v) is 8.52. The fourth-order valence-electron chi connectivity index (χ4n) is 1.15. The lowest BCUT2D eigenvalue weighted by Gasteiger charge is -2.27. The highest BCUT2D eigenvalue weighted by Crippen LogP contribution is 2.25. The lowest BCUT2D eigenvalue weighted by molar-refractivity contribution is 0.0502. The number of rotatable bonds is 5. The molecule has 0 amide bonds. The minimum atomic E-state index is -4.32. The van der Waals surface area contributed by atoms with E-state index >= 15 is 0 Å². The van der Waals surface area contributed by atoms with Gasteiger partial charge in [0.1, 0.15) is 0 Å². The Labute approximate surface area is 73.9 Å². The summed E-state index contributed by atoms with van der Waals surface area (Å²) in [7, 11) is -4.32. The van der Waals surface area contributed by atoms with Crippen LogP contribution in [-0.2, 0) is 14.6 Å². The van der Waals surface area contributed by atoms with Crippen LogP contribution in [0, 0.1) is 0 Å². The van der Waals surface area contributed by atoms with E-state index in [1.54, 1.807) is 0 Å². The Hall–Kier alpha value is -0.130. The third-order valence-corrected chi connectivity index (χ3v) is 2.78. The van der Waals surface area contributed by atoms with Gasteiger partial charge in [0.25, 0.3) is 0 Å². The van der Waals surface area contributed by atoms with Crippen molar-refractivity contribution in [2.24, 2.45) is 0 Å². The van der Waals surface area contributed by atoms with Crippen LogP contribution in [0.3, 0.4) is 0 Å². The molecule has 0 unspecified atom stereocenters. The molecule has 5 heteroatoms. The second-order valence-corrected chi connectivity index (χ2v) is 3.78. The molecule has 0 aliphatic rings. The van der Waals surface area contributed by atoms with Crippen molar-refractivity contribution in [3.63, 3.8) is 0 Å². The highest BCUT2D eigenvalue weighted by atomic mass is 32.3. The van der Waals surface area contributed by atoms with E-state index in [4.69, 9.17) is 4.55 Å². The van der Waals surface area contributed by atoms with E-state index in [9.17, 15) is 8.42 Å². The predicted octanol–water partition coefficient (Wildman–Crippen LogP) is 1.77. The Kier molecular flexibility index (Phi) is 4.16. The molecule has 12 heavy (non-hydrogen) atoms. The first kappa shape index (κ1) is 11.9. The van der Waals surface area contributed by atoms with Gasteiger partial charge in [-0.15, -0.1) is 0 Å². The van der Waals surface area contributed by atoms with Gasteiger partial charge in [-0.2, -0.15) is 8.42 Å². The molecular formula is C7H16O4S. The van der Waals surface area contributed by atoms with Gasteiger partial charge in [0.05, 0.1) is 5.60 Å². The molecule has 0 aromatic heterocycles. The molecule has 0 aliphatic heterocycles. The van der Waals surface area contributed by atoms with Crippen LogP contribution in [0.1, 0.15) is 40.0 Å². The first-order valence-corrected chi connectivity index (χ1v) is 5.43. The van der Waals surface area contributed by atoms with Crippen molar-refractivity contribution in [3.05, 3.63) is 0 Å². The van der Waals surface area contributed by atoms with Gasteiger partial charge < -0.3 is 0 Å². The Balaban J connectivity index is 4.52. The van der Waals surface area contributed by atoms with Crippen molar-refractivity contribution < 1.29 is 17.2 Å². The fraction of sp³-hybridized carbons (Fsp3) is 1.00. The summed E-state index contributed by atoms with van der Waals surface area (Å²) in [6.45, 7) is 5.49. The summed E-state index contributed by atoms with van der Waals surface area (Å²) in [5.74, 6) is 0. The van der Waals surface area contributed by atoms with Gasteiger partial charge in [0.2, 0.25) is 0 Å². The van der Waals surface area contributed by atoms with Crippen LogP contribution in [0.15, 0.2) is 0 Å². The summed E-state index contributed by atoms with van der Waals surface area (Å²) in [5.41, 5.74) is -0.729. The van der Waals surface area contributed by atoms with Gasteiger partial charge >= 0.3 is 10.4 Å². The van der Waals surface area contributed by atoms with Crippen molar-refractivity contribution in [2.75, 3.05) is 0 Å². The van der Waals surface area contributed by atoms with Gasteiger partial charge in [-0.1, -0.05) is 20.8 Å². The Morgan fingerprint density at radius 3 is 1.58 bits per heavy atom. The van der Waals surface area contributed by atoms with E-state index in [1.807, 2.05) is 20.8 Å². The van der Waals surface area contributed by atoms with E-state index < -0.39 is 16.0 Å². The maximum absolute atomic E-state index is 10.5. The molecule has 0 saturated carbocycles. The minimum Gasteiger partial charge on any atom is -0.264 e. The van der Waals surface area contributed by atoms with Crippen molar-refractivity contribution in [2.45, 2.75) is 45.6 Å². The molecule has 74 valence electrons. The third-order valence-electron chi connectivity index (χ3n) is 2.22. The molecule has 0 aromatic rings. The molecule has 0 heterocycles. The number of hydrogen-bond acceptors (Lipinski definition) is 3. The first-order valence-electron chi connectivity index (χ1n) is 4.07. The van der Waals surface area contributed by atoms with Crippen LogP contribution in [0.5, 0.6) is 0 Å². The van der Waals surface area contributed by atoms with Crippen LogP contribution in [0.25, 0.3) is 0 Å². The lowest BCUT2D eigenvalue weighted by atomic mass is 9.95. The molecule has 4 nitrogen and oxygen atoms in total. The normalized spacial score (nSPS) is 13.3. The minimum absolute atomic E-state index is 0.569. The van der Waals surface area contributed by atoms with E-state index in [1.165, 1.54) is 0 Å². The summed E-state index contributed by atoms with van der Waals surface area (Å²) in [6.07, 6.45) is 1.71. The van der Waals surface area contributed by atoms with E-state index in [-0.39, 0.29) is 0 Å². The summed E-state index contributed by atoms with van der Waals surface area (Å²) in [6, 6.07) is 0. The third kappa shape index (κ3) is 3.51. The smallest absolute Gasteiger partial charge is 0.264 e. The maximum Gasteiger partial charge on any atom is 0.397 e. The van der Waals surface area contributed by atoms with Crippen LogP contribution in [0.4, 0.5) is 0 Å². The largest absolute Gasteiger partial charge is 0.397 e. The van der Waals surface area contributed by atoms with Crippen LogP contribution >= 0.6 is 0 Å². The van der Waals surface area contributed by atoms with Crippen molar-refractivity contribution >= 4 is 10.4 Å². The topological polar surface area (TPSA) is 63.6 Å². The van der Waals surface area contributed by atoms with Gasteiger partial charge in [-0.3, -0.25) is 4.55 Å². The van der Waals surface area contributed by atoms with Gasteiger partial charge in [-0.25, -0.2) is 4.18 Å². The monoisotopic (exact) mass is 196 g/mol. The average molecular weight is 196 g/mol. The molecule has 0 spiro atoms. The lowest BCUT2D eigenvalue weighted by Crippen LogP contribution is -2.32. The van der Waals surface area contributed by atoms with Gasteiger partial charge in [0.15, 0.2) is 0 Å². The highest BCUT2D eigenvalue weighted by molar-refractivity contribution is 7.80. The SMILES string of the molecule is CCC(CC)(CC)OS(=O)(=O)O. The second-order valence-electron chi connectivity index (χ2n) is 2.75. The number of hydrogen-bond donors (Lipinski definition) is 1. The van der Waals surface area contributed by atoms with Crippen molar-refractivity contribution in [1.29, 1.82) is 0 Å². The van der Waals surface area contributed by atoms with Crippen LogP contribution in [0.2, 0.25) is 0 Å².